The fourth-order valence-electron chi connectivity index (χ4n) is 4.32. The number of nitrogens with zero attached hydrogens (tertiary/aromatic N) is 5. The first-order valence-electron chi connectivity index (χ1n) is 11.0. The molecule has 0 radical (unpaired) electrons. The molecule has 4 rings (SSSR count). The number of aryl methyl sites for hydroxylation is 2. The van der Waals surface area contributed by atoms with Gasteiger partial charge < -0.3 is 5.32 Å². The van der Waals surface area contributed by atoms with Crippen molar-refractivity contribution < 1.29 is 9.59 Å². The van der Waals surface area contributed by atoms with Gasteiger partial charge in [0.2, 0.25) is 5.91 Å². The number of anilines is 1. The van der Waals surface area contributed by atoms with Crippen LogP contribution in [0.1, 0.15) is 59.9 Å². The van der Waals surface area contributed by atoms with Crippen LogP contribution >= 0.6 is 0 Å². The SMILES string of the molecule is Cc1nn(C)cc1[C@H](C(=O)NC1CCCCC1)N(C(=O)c1cnccn1)c1ccccc1. The lowest BCUT2D eigenvalue weighted by atomic mass is 9.94. The van der Waals surface area contributed by atoms with Crippen LogP contribution in [-0.2, 0) is 11.8 Å². The molecule has 1 aliphatic rings. The molecule has 0 saturated heterocycles. The van der Waals surface area contributed by atoms with E-state index in [0.29, 0.717) is 16.9 Å². The average Bonchev–Trinajstić information content (AvgIpc) is 3.15. The third kappa shape index (κ3) is 4.69. The molecular weight excluding hydrogens is 404 g/mol. The standard InChI is InChI=1S/C24H28N6O2/c1-17-20(16-29(2)28-17)22(23(31)27-18-9-5-3-6-10-18)30(19-11-7-4-8-12-19)24(32)21-15-25-13-14-26-21/h4,7-8,11-16,18,22H,3,5-6,9-10H2,1-2H3,(H,27,31)/t22-/m1/s1. The molecule has 1 fully saturated rings. The van der Waals surface area contributed by atoms with Gasteiger partial charge in [-0.3, -0.25) is 24.2 Å². The van der Waals surface area contributed by atoms with Gasteiger partial charge in [-0.05, 0) is 31.9 Å². The van der Waals surface area contributed by atoms with Gasteiger partial charge in [0, 0.05) is 42.9 Å². The molecule has 0 spiro atoms. The average molecular weight is 433 g/mol. The Labute approximate surface area is 187 Å². The maximum atomic E-state index is 13.7. The fourth-order valence-corrected chi connectivity index (χ4v) is 4.32. The number of benzene rings is 1. The third-order valence-corrected chi connectivity index (χ3v) is 5.84. The minimum Gasteiger partial charge on any atom is -0.351 e. The van der Waals surface area contributed by atoms with Crippen molar-refractivity contribution in [2.75, 3.05) is 4.90 Å². The van der Waals surface area contributed by atoms with Crippen molar-refractivity contribution in [1.82, 2.24) is 25.1 Å². The van der Waals surface area contributed by atoms with E-state index in [-0.39, 0.29) is 17.6 Å². The van der Waals surface area contributed by atoms with Crippen LogP contribution in [0.4, 0.5) is 5.69 Å². The number of nitrogens with one attached hydrogen (secondary N) is 1. The van der Waals surface area contributed by atoms with E-state index in [4.69, 9.17) is 0 Å². The summed E-state index contributed by atoms with van der Waals surface area (Å²) in [6.07, 6.45) is 11.5. The Morgan fingerprint density at radius 2 is 1.88 bits per heavy atom. The Morgan fingerprint density at radius 1 is 1.12 bits per heavy atom. The Hall–Kier alpha value is -3.55. The molecule has 0 unspecified atom stereocenters. The number of aromatic nitrogens is 4. The van der Waals surface area contributed by atoms with Crippen molar-refractivity contribution >= 4 is 17.5 Å². The zero-order valence-corrected chi connectivity index (χ0v) is 18.4. The molecule has 1 aromatic carbocycles. The Bertz CT molecular complexity index is 1060. The summed E-state index contributed by atoms with van der Waals surface area (Å²) in [5.74, 6) is -0.606. The highest BCUT2D eigenvalue weighted by atomic mass is 16.2. The lowest BCUT2D eigenvalue weighted by molar-refractivity contribution is -0.123. The summed E-state index contributed by atoms with van der Waals surface area (Å²) < 4.78 is 1.67. The molecular formula is C24H28N6O2. The van der Waals surface area contributed by atoms with E-state index in [1.54, 1.807) is 10.9 Å². The predicted octanol–water partition coefficient (Wildman–Crippen LogP) is 3.36. The summed E-state index contributed by atoms with van der Waals surface area (Å²) >= 11 is 0. The van der Waals surface area contributed by atoms with Gasteiger partial charge >= 0.3 is 0 Å². The van der Waals surface area contributed by atoms with Gasteiger partial charge in [0.25, 0.3) is 5.91 Å². The maximum Gasteiger partial charge on any atom is 0.279 e. The number of carbonyl (C=O) groups is 2. The van der Waals surface area contributed by atoms with E-state index in [1.165, 1.54) is 29.9 Å². The van der Waals surface area contributed by atoms with Crippen molar-refractivity contribution in [1.29, 1.82) is 0 Å². The normalized spacial score (nSPS) is 15.2. The van der Waals surface area contributed by atoms with Crippen LogP contribution in [0.5, 0.6) is 0 Å². The van der Waals surface area contributed by atoms with Crippen molar-refractivity contribution in [3.8, 4) is 0 Å². The van der Waals surface area contributed by atoms with E-state index in [1.807, 2.05) is 44.3 Å². The number of rotatable bonds is 6. The minimum atomic E-state index is -0.887. The van der Waals surface area contributed by atoms with Gasteiger partial charge in [0.05, 0.1) is 11.9 Å². The first kappa shape index (κ1) is 21.7. The molecule has 8 heteroatoms. The highest BCUT2D eigenvalue weighted by molar-refractivity contribution is 6.09. The van der Waals surface area contributed by atoms with Gasteiger partial charge in [-0.1, -0.05) is 37.5 Å². The molecule has 2 aromatic heterocycles. The Morgan fingerprint density at radius 3 is 2.50 bits per heavy atom. The summed E-state index contributed by atoms with van der Waals surface area (Å²) in [5, 5.41) is 7.64. The lowest BCUT2D eigenvalue weighted by Crippen LogP contribution is -2.47. The van der Waals surface area contributed by atoms with Crippen LogP contribution < -0.4 is 10.2 Å². The van der Waals surface area contributed by atoms with E-state index in [0.717, 1.165) is 25.7 Å². The van der Waals surface area contributed by atoms with Crippen LogP contribution in [0.3, 0.4) is 0 Å². The van der Waals surface area contributed by atoms with Gasteiger partial charge in [-0.15, -0.1) is 0 Å². The Kier molecular flexibility index (Phi) is 6.58. The number of amides is 2. The third-order valence-electron chi connectivity index (χ3n) is 5.84. The fraction of sp³-hybridized carbons (Fsp3) is 0.375. The van der Waals surface area contributed by atoms with Gasteiger partial charge in [0.15, 0.2) is 0 Å². The van der Waals surface area contributed by atoms with E-state index in [9.17, 15) is 9.59 Å². The quantitative estimate of drug-likeness (QED) is 0.645. The topological polar surface area (TPSA) is 93.0 Å². The first-order valence-corrected chi connectivity index (χ1v) is 11.0. The van der Waals surface area contributed by atoms with E-state index in [2.05, 4.69) is 20.4 Å². The zero-order chi connectivity index (χ0) is 22.5. The largest absolute Gasteiger partial charge is 0.351 e. The smallest absolute Gasteiger partial charge is 0.279 e. The number of hydrogen-bond donors (Lipinski definition) is 1. The lowest BCUT2D eigenvalue weighted by Gasteiger charge is -2.33. The van der Waals surface area contributed by atoms with Crippen LogP contribution in [0.25, 0.3) is 0 Å². The second-order valence-electron chi connectivity index (χ2n) is 8.19. The molecule has 32 heavy (non-hydrogen) atoms. The molecule has 8 nitrogen and oxygen atoms in total. The summed E-state index contributed by atoms with van der Waals surface area (Å²) in [5.41, 5.74) is 2.16. The maximum absolute atomic E-state index is 13.7. The molecule has 3 aromatic rings. The predicted molar refractivity (Wildman–Crippen MR) is 121 cm³/mol. The minimum absolute atomic E-state index is 0.111. The molecule has 1 atom stereocenters. The molecule has 2 heterocycles. The van der Waals surface area contributed by atoms with Crippen molar-refractivity contribution in [3.05, 3.63) is 72.1 Å². The number of hydrogen-bond acceptors (Lipinski definition) is 5. The van der Waals surface area contributed by atoms with Gasteiger partial charge in [-0.25, -0.2) is 4.98 Å². The van der Waals surface area contributed by atoms with Crippen LogP contribution in [-0.4, -0.2) is 37.6 Å². The van der Waals surface area contributed by atoms with E-state index >= 15 is 0 Å². The monoisotopic (exact) mass is 432 g/mol. The molecule has 0 bridgehead atoms. The van der Waals surface area contributed by atoms with Crippen LogP contribution in [0.15, 0.2) is 55.1 Å². The second-order valence-corrected chi connectivity index (χ2v) is 8.19. The summed E-state index contributed by atoms with van der Waals surface area (Å²) in [6.45, 7) is 1.85. The highest BCUT2D eigenvalue weighted by Crippen LogP contribution is 2.31. The summed E-state index contributed by atoms with van der Waals surface area (Å²) in [7, 11) is 1.81. The first-order chi connectivity index (χ1) is 15.5. The summed E-state index contributed by atoms with van der Waals surface area (Å²) in [6, 6.07) is 8.43. The van der Waals surface area contributed by atoms with Crippen molar-refractivity contribution in [2.24, 2.45) is 7.05 Å². The molecule has 166 valence electrons. The highest BCUT2D eigenvalue weighted by Gasteiger charge is 2.37. The van der Waals surface area contributed by atoms with Crippen LogP contribution in [0, 0.1) is 6.92 Å². The molecule has 1 saturated carbocycles. The molecule has 2 amide bonds. The number of para-hydroxylation sites is 1. The second kappa shape index (κ2) is 9.72. The summed E-state index contributed by atoms with van der Waals surface area (Å²) in [4.78, 5) is 37.2. The Balaban J connectivity index is 1.79. The molecule has 1 N–H and O–H groups in total. The van der Waals surface area contributed by atoms with Crippen LogP contribution in [0.2, 0.25) is 0 Å². The number of carbonyl (C=O) groups excluding carboxylic acids is 2. The zero-order valence-electron chi connectivity index (χ0n) is 18.4. The van der Waals surface area contributed by atoms with Crippen molar-refractivity contribution in [2.45, 2.75) is 51.1 Å². The van der Waals surface area contributed by atoms with E-state index < -0.39 is 11.9 Å². The molecule has 1 aliphatic carbocycles. The van der Waals surface area contributed by atoms with Crippen molar-refractivity contribution in [3.63, 3.8) is 0 Å². The van der Waals surface area contributed by atoms with Gasteiger partial charge in [0.1, 0.15) is 11.7 Å². The van der Waals surface area contributed by atoms with Gasteiger partial charge in [-0.2, -0.15) is 5.10 Å². The molecule has 0 aliphatic heterocycles.